The lowest BCUT2D eigenvalue weighted by atomic mass is 9.96. The first-order chi connectivity index (χ1) is 20.9. The number of nitrogens with zero attached hydrogens (tertiary/aromatic N) is 2. The van der Waals surface area contributed by atoms with Gasteiger partial charge in [-0.2, -0.15) is 13.2 Å². The normalized spacial score (nSPS) is 16.8. The third-order valence-corrected chi connectivity index (χ3v) is 7.31. The molecule has 3 aromatic carbocycles. The molecule has 3 aromatic rings. The van der Waals surface area contributed by atoms with Crippen LogP contribution in [0, 0.1) is 5.92 Å². The Hall–Kier alpha value is -4.64. The van der Waals surface area contributed by atoms with Crippen molar-refractivity contribution in [1.29, 1.82) is 0 Å². The summed E-state index contributed by atoms with van der Waals surface area (Å²) in [6.45, 7) is 2.88. The number of carbonyl (C=O) groups is 3. The van der Waals surface area contributed by atoms with Gasteiger partial charge in [-0.3, -0.25) is 19.3 Å². The first-order valence-corrected chi connectivity index (χ1v) is 14.0. The standard InChI is InChI=1S/C33H34F3N3O5/c1-21(2)29-32(43)38(20-28(40)37-26(30(41)33(34,35)36)18-22-10-6-4-7-11-22)27(23-12-8-5-9-13-23)19-39(29)31(42)24-14-16-25(44-3)17-15-24/h4-17,19,21,26,29-30,41H,18,20H2,1-3H3,(H,37,40). The highest BCUT2D eigenvalue weighted by Gasteiger charge is 2.45. The zero-order valence-corrected chi connectivity index (χ0v) is 24.5. The minimum atomic E-state index is -4.99. The second kappa shape index (κ2) is 13.8. The van der Waals surface area contributed by atoms with E-state index in [4.69, 9.17) is 4.74 Å². The van der Waals surface area contributed by atoms with Crippen molar-refractivity contribution >= 4 is 23.4 Å². The van der Waals surface area contributed by atoms with Gasteiger partial charge in [-0.1, -0.05) is 74.5 Å². The predicted molar refractivity (Wildman–Crippen MR) is 158 cm³/mol. The van der Waals surface area contributed by atoms with Crippen molar-refractivity contribution in [1.82, 2.24) is 15.1 Å². The van der Waals surface area contributed by atoms with E-state index in [-0.39, 0.29) is 18.0 Å². The van der Waals surface area contributed by atoms with Gasteiger partial charge in [-0.15, -0.1) is 0 Å². The van der Waals surface area contributed by atoms with Crippen molar-refractivity contribution in [3.05, 3.63) is 108 Å². The number of hydrogen-bond donors (Lipinski definition) is 2. The molecular formula is C33H34F3N3O5. The molecule has 8 nitrogen and oxygen atoms in total. The number of ether oxygens (including phenoxy) is 1. The summed E-state index contributed by atoms with van der Waals surface area (Å²) in [7, 11) is 1.50. The molecule has 0 aromatic heterocycles. The largest absolute Gasteiger partial charge is 0.497 e. The van der Waals surface area contributed by atoms with E-state index in [9.17, 15) is 32.7 Å². The molecule has 0 spiro atoms. The Labute approximate surface area is 253 Å². The minimum absolute atomic E-state index is 0.223. The van der Waals surface area contributed by atoms with Gasteiger partial charge in [0.2, 0.25) is 5.91 Å². The van der Waals surface area contributed by atoms with Gasteiger partial charge in [-0.25, -0.2) is 0 Å². The minimum Gasteiger partial charge on any atom is -0.497 e. The molecule has 232 valence electrons. The molecule has 1 heterocycles. The highest BCUT2D eigenvalue weighted by atomic mass is 19.4. The van der Waals surface area contributed by atoms with E-state index in [1.165, 1.54) is 23.1 Å². The van der Waals surface area contributed by atoms with Gasteiger partial charge in [0.25, 0.3) is 11.8 Å². The smallest absolute Gasteiger partial charge is 0.416 e. The van der Waals surface area contributed by atoms with Crippen LogP contribution in [-0.4, -0.2) is 70.6 Å². The van der Waals surface area contributed by atoms with E-state index in [1.54, 1.807) is 98.8 Å². The van der Waals surface area contributed by atoms with Gasteiger partial charge < -0.3 is 20.1 Å². The molecule has 3 unspecified atom stereocenters. The highest BCUT2D eigenvalue weighted by Crippen LogP contribution is 2.31. The molecule has 3 atom stereocenters. The maximum absolute atomic E-state index is 14.1. The van der Waals surface area contributed by atoms with Crippen molar-refractivity contribution in [3.8, 4) is 5.75 Å². The third-order valence-electron chi connectivity index (χ3n) is 7.31. The molecular weight excluding hydrogens is 575 g/mol. The Balaban J connectivity index is 1.68. The number of halogens is 3. The van der Waals surface area contributed by atoms with Crippen LogP contribution in [0.3, 0.4) is 0 Å². The Morgan fingerprint density at radius 1 is 0.955 bits per heavy atom. The number of carbonyl (C=O) groups excluding carboxylic acids is 3. The lowest BCUT2D eigenvalue weighted by Gasteiger charge is -2.41. The Morgan fingerprint density at radius 3 is 2.09 bits per heavy atom. The van der Waals surface area contributed by atoms with Crippen LogP contribution in [0.4, 0.5) is 13.2 Å². The molecule has 11 heteroatoms. The first-order valence-electron chi connectivity index (χ1n) is 14.0. The fourth-order valence-corrected chi connectivity index (χ4v) is 5.09. The average Bonchev–Trinajstić information content (AvgIpc) is 3.01. The van der Waals surface area contributed by atoms with Crippen LogP contribution in [0.5, 0.6) is 5.75 Å². The van der Waals surface area contributed by atoms with E-state index >= 15 is 0 Å². The lowest BCUT2D eigenvalue weighted by Crippen LogP contribution is -2.58. The van der Waals surface area contributed by atoms with E-state index in [2.05, 4.69) is 5.32 Å². The van der Waals surface area contributed by atoms with Crippen molar-refractivity contribution < 1.29 is 37.4 Å². The number of benzene rings is 3. The number of hydrogen-bond acceptors (Lipinski definition) is 5. The van der Waals surface area contributed by atoms with Crippen molar-refractivity contribution in [3.63, 3.8) is 0 Å². The first kappa shape index (κ1) is 32.3. The van der Waals surface area contributed by atoms with Crippen molar-refractivity contribution in [2.75, 3.05) is 13.7 Å². The van der Waals surface area contributed by atoms with E-state index < -0.39 is 48.6 Å². The number of aliphatic hydroxyl groups is 1. The number of alkyl halides is 3. The van der Waals surface area contributed by atoms with Gasteiger partial charge in [0.15, 0.2) is 6.10 Å². The van der Waals surface area contributed by atoms with Crippen LogP contribution in [0.2, 0.25) is 0 Å². The Bertz CT molecular complexity index is 1480. The zero-order valence-electron chi connectivity index (χ0n) is 24.5. The van der Waals surface area contributed by atoms with Crippen LogP contribution in [-0.2, 0) is 16.0 Å². The van der Waals surface area contributed by atoms with Gasteiger partial charge in [0, 0.05) is 11.8 Å². The number of rotatable bonds is 10. The summed E-state index contributed by atoms with van der Waals surface area (Å²) in [4.78, 5) is 43.6. The summed E-state index contributed by atoms with van der Waals surface area (Å²) < 4.78 is 45.9. The van der Waals surface area contributed by atoms with E-state index in [0.717, 1.165) is 0 Å². The lowest BCUT2D eigenvalue weighted by molar-refractivity contribution is -0.212. The second-order valence-corrected chi connectivity index (χ2v) is 10.8. The molecule has 0 saturated carbocycles. The predicted octanol–water partition coefficient (Wildman–Crippen LogP) is 4.65. The molecule has 1 aliphatic heterocycles. The molecule has 4 rings (SSSR count). The van der Waals surface area contributed by atoms with Crippen LogP contribution in [0.1, 0.15) is 35.3 Å². The van der Waals surface area contributed by atoms with Gasteiger partial charge in [-0.05, 0) is 47.7 Å². The average molecular weight is 610 g/mol. The molecule has 2 N–H and O–H groups in total. The van der Waals surface area contributed by atoms with Crippen LogP contribution < -0.4 is 10.1 Å². The maximum atomic E-state index is 14.1. The SMILES string of the molecule is COc1ccc(C(=O)N2C=C(c3ccccc3)N(CC(=O)NC(Cc3ccccc3)C(O)C(F)(F)F)C(=O)C2C(C)C)cc1. The summed E-state index contributed by atoms with van der Waals surface area (Å²) >= 11 is 0. The van der Waals surface area contributed by atoms with Gasteiger partial charge in [0.05, 0.1) is 18.8 Å². The molecule has 0 radical (unpaired) electrons. The topological polar surface area (TPSA) is 99.2 Å². The summed E-state index contributed by atoms with van der Waals surface area (Å²) in [6.07, 6.45) is -6.63. The molecule has 3 amide bonds. The third kappa shape index (κ3) is 7.46. The summed E-state index contributed by atoms with van der Waals surface area (Å²) in [5.41, 5.74) is 1.52. The monoisotopic (exact) mass is 609 g/mol. The number of nitrogens with one attached hydrogen (secondary N) is 1. The molecule has 44 heavy (non-hydrogen) atoms. The second-order valence-electron chi connectivity index (χ2n) is 10.8. The van der Waals surface area contributed by atoms with Gasteiger partial charge >= 0.3 is 6.18 Å². The van der Waals surface area contributed by atoms with E-state index in [1.807, 2.05) is 0 Å². The molecule has 1 aliphatic rings. The summed E-state index contributed by atoms with van der Waals surface area (Å²) in [6, 6.07) is 20.5. The highest BCUT2D eigenvalue weighted by molar-refractivity contribution is 6.03. The number of aliphatic hydroxyl groups excluding tert-OH is 1. The summed E-state index contributed by atoms with van der Waals surface area (Å²) in [5.74, 6) is -1.76. The quantitative estimate of drug-likeness (QED) is 0.349. The zero-order chi connectivity index (χ0) is 32.0. The molecule has 0 aliphatic carbocycles. The number of amides is 3. The maximum Gasteiger partial charge on any atom is 0.416 e. The number of methoxy groups -OCH3 is 1. The van der Waals surface area contributed by atoms with E-state index in [0.29, 0.717) is 22.4 Å². The van der Waals surface area contributed by atoms with Crippen LogP contribution >= 0.6 is 0 Å². The van der Waals surface area contributed by atoms with Crippen LogP contribution in [0.15, 0.2) is 91.1 Å². The van der Waals surface area contributed by atoms with Crippen molar-refractivity contribution in [2.24, 2.45) is 5.92 Å². The molecule has 0 saturated heterocycles. The summed E-state index contributed by atoms with van der Waals surface area (Å²) in [5, 5.41) is 12.4. The Kier molecular flexibility index (Phi) is 10.1. The molecule has 0 fully saturated rings. The van der Waals surface area contributed by atoms with Crippen LogP contribution in [0.25, 0.3) is 5.70 Å². The van der Waals surface area contributed by atoms with Crippen molar-refractivity contribution in [2.45, 2.75) is 44.6 Å². The fraction of sp³-hybridized carbons (Fsp3) is 0.303. The molecule has 0 bridgehead atoms. The Morgan fingerprint density at radius 2 is 1.55 bits per heavy atom. The van der Waals surface area contributed by atoms with Gasteiger partial charge in [0.1, 0.15) is 18.3 Å². The fourth-order valence-electron chi connectivity index (χ4n) is 5.09.